The Kier molecular flexibility index (Phi) is 28.8. The first kappa shape index (κ1) is 45.0. The van der Waals surface area contributed by atoms with Crippen LogP contribution < -0.4 is 0 Å². The molecule has 266 valence electrons. The third-order valence-corrected chi connectivity index (χ3v) is 8.80. The van der Waals surface area contributed by atoms with E-state index in [1.54, 1.807) is 0 Å². The largest absolute Gasteiger partial charge is 2.00 e. The molecule has 0 bridgehead atoms. The molecule has 0 saturated heterocycles. The van der Waals surface area contributed by atoms with Crippen molar-refractivity contribution in [3.63, 3.8) is 0 Å². The second-order valence-corrected chi connectivity index (χ2v) is 12.9. The van der Waals surface area contributed by atoms with Crippen LogP contribution in [0.1, 0.15) is 179 Å². The van der Waals surface area contributed by atoms with Gasteiger partial charge in [0, 0.05) is 22.8 Å². The van der Waals surface area contributed by atoms with E-state index >= 15 is 0 Å². The Labute approximate surface area is 302 Å². The fourth-order valence-electron chi connectivity index (χ4n) is 5.78. The van der Waals surface area contributed by atoms with Crippen molar-refractivity contribution in [3.8, 4) is 0 Å². The third kappa shape index (κ3) is 19.0. The number of aryl methyl sites for hydroxylation is 2. The minimum absolute atomic E-state index is 0. The summed E-state index contributed by atoms with van der Waals surface area (Å²) >= 11 is 0. The van der Waals surface area contributed by atoms with Gasteiger partial charge in [-0.25, -0.2) is 4.70 Å². The molecule has 0 fully saturated rings. The van der Waals surface area contributed by atoms with E-state index in [9.17, 15) is 5.53 Å². The molecule has 0 N–H and O–H groups in total. The minimum Gasteiger partial charge on any atom is -0.493 e. The molecule has 0 aliphatic carbocycles. The van der Waals surface area contributed by atoms with Crippen molar-refractivity contribution in [2.45, 2.75) is 169 Å². The topological polar surface area (TPSA) is 25.3 Å². The summed E-state index contributed by atoms with van der Waals surface area (Å²) in [5, 5.41) is 0. The van der Waals surface area contributed by atoms with Crippen LogP contribution in [-0.4, -0.2) is 4.70 Å². The molecule has 0 atom stereocenters. The van der Waals surface area contributed by atoms with E-state index in [1.807, 2.05) is 0 Å². The van der Waals surface area contributed by atoms with E-state index in [0.717, 1.165) is 67.5 Å². The molecule has 1 heterocycles. The molecule has 0 aromatic heterocycles. The number of allylic oxidation sites excluding steroid dienone is 2. The predicted octanol–water partition coefficient (Wildman–Crippen LogP) is 14.7. The van der Waals surface area contributed by atoms with Gasteiger partial charge in [0.05, 0.1) is 0 Å². The van der Waals surface area contributed by atoms with E-state index in [1.165, 1.54) is 111 Å². The van der Waals surface area contributed by atoms with Gasteiger partial charge in [-0.1, -0.05) is 155 Å². The van der Waals surface area contributed by atoms with Crippen molar-refractivity contribution in [2.24, 2.45) is 0 Å². The summed E-state index contributed by atoms with van der Waals surface area (Å²) in [5.41, 5.74) is 18.8. The van der Waals surface area contributed by atoms with Crippen molar-refractivity contribution in [3.05, 3.63) is 102 Å². The molecule has 3 rings (SSSR count). The van der Waals surface area contributed by atoms with E-state index in [4.69, 9.17) is 0 Å². The molecule has 0 spiro atoms. The normalized spacial score (nSPS) is 12.1. The molecule has 0 unspecified atom stereocenters. The minimum atomic E-state index is 0. The number of benzene rings is 2. The maximum Gasteiger partial charge on any atom is 2.00 e. The summed E-state index contributed by atoms with van der Waals surface area (Å²) in [4.78, 5) is 0. The van der Waals surface area contributed by atoms with Crippen LogP contribution in [0.3, 0.4) is 0 Å². The first-order valence-electron chi connectivity index (χ1n) is 19.2. The fourth-order valence-corrected chi connectivity index (χ4v) is 5.78. The standard InChI is InChI=1S/C24H28N2.2C10H21.Ni/c1-4-7-12-22-17-23(20-13-8-10-18(5-2)15-20)26(25)24(22)21-14-9-11-19(6-3)16-21;2*1-3-5-7-9-10-8-6-4-2;/h8-11,13-17H,4-7,12H2,1-3H3;2*1,3-10H2,2H3;/q;2*-1;+2. The number of hydrogen-bond donors (Lipinski definition) is 0. The Balaban J connectivity index is 0.000000837. The quantitative estimate of drug-likeness (QED) is 0.0541. The third-order valence-electron chi connectivity index (χ3n) is 8.80. The van der Waals surface area contributed by atoms with Gasteiger partial charge in [0.1, 0.15) is 0 Å². The van der Waals surface area contributed by atoms with E-state index in [-0.39, 0.29) is 16.5 Å². The van der Waals surface area contributed by atoms with Crippen LogP contribution in [0.2, 0.25) is 0 Å². The molecular formula is C44H70N2Ni. The van der Waals surface area contributed by atoms with Gasteiger partial charge in [-0.15, -0.1) is 0 Å². The summed E-state index contributed by atoms with van der Waals surface area (Å²) in [6, 6.07) is 17.0. The Morgan fingerprint density at radius 3 is 1.43 bits per heavy atom. The molecule has 3 heteroatoms. The van der Waals surface area contributed by atoms with Gasteiger partial charge in [0.2, 0.25) is 11.4 Å². The summed E-state index contributed by atoms with van der Waals surface area (Å²) < 4.78 is 1.40. The number of nitrogens with zero attached hydrogens (tertiary/aromatic N) is 2. The SMILES string of the molecule is CCCCC1=C(c2cccc(CC)c2)[N+](=[N-])C(c2cccc(CC)c2)=C1.[CH2-]CCCCCCCCC.[CH2-]CCCCCCCCC.[Ni+2]. The smallest absolute Gasteiger partial charge is 0.493 e. The van der Waals surface area contributed by atoms with Gasteiger partial charge in [0.15, 0.2) is 0 Å². The molecule has 0 amide bonds. The molecule has 1 aliphatic rings. The molecule has 2 aromatic rings. The van der Waals surface area contributed by atoms with Crippen LogP contribution in [-0.2, 0) is 29.3 Å². The molecule has 47 heavy (non-hydrogen) atoms. The fraction of sp³-hybridized carbons (Fsp3) is 0.591. The van der Waals surface area contributed by atoms with Crippen LogP contribution in [0.5, 0.6) is 0 Å². The summed E-state index contributed by atoms with van der Waals surface area (Å²) in [6.45, 7) is 18.7. The Morgan fingerprint density at radius 2 is 0.979 bits per heavy atom. The van der Waals surface area contributed by atoms with Crippen molar-refractivity contribution in [1.29, 1.82) is 0 Å². The molecule has 0 saturated carbocycles. The molecule has 2 aromatic carbocycles. The van der Waals surface area contributed by atoms with Crippen LogP contribution in [0.25, 0.3) is 16.9 Å². The van der Waals surface area contributed by atoms with E-state index in [2.05, 4.69) is 103 Å². The maximum atomic E-state index is 11.1. The van der Waals surface area contributed by atoms with Crippen LogP contribution in [0, 0.1) is 13.8 Å². The first-order chi connectivity index (χ1) is 22.5. The Bertz CT molecular complexity index is 1100. The average molecular weight is 686 g/mol. The van der Waals surface area contributed by atoms with Crippen LogP contribution in [0.4, 0.5) is 0 Å². The zero-order chi connectivity index (χ0) is 33.8. The van der Waals surface area contributed by atoms with E-state index < -0.39 is 0 Å². The number of hydrogen-bond acceptors (Lipinski definition) is 0. The molecule has 1 aliphatic heterocycles. The first-order valence-corrected chi connectivity index (χ1v) is 19.2. The monoisotopic (exact) mass is 684 g/mol. The van der Waals surface area contributed by atoms with Gasteiger partial charge >= 0.3 is 16.5 Å². The Hall–Kier alpha value is -1.99. The van der Waals surface area contributed by atoms with Gasteiger partial charge in [-0.3, -0.25) is 0 Å². The van der Waals surface area contributed by atoms with E-state index in [0.29, 0.717) is 0 Å². The molecule has 0 radical (unpaired) electrons. The van der Waals surface area contributed by atoms with Gasteiger partial charge in [-0.05, 0) is 61.1 Å². The second-order valence-electron chi connectivity index (χ2n) is 12.9. The van der Waals surface area contributed by atoms with Crippen molar-refractivity contribution in [1.82, 2.24) is 0 Å². The summed E-state index contributed by atoms with van der Waals surface area (Å²) in [5.74, 6) is 0. The van der Waals surface area contributed by atoms with Crippen molar-refractivity contribution >= 4 is 11.4 Å². The Morgan fingerprint density at radius 1 is 0.553 bits per heavy atom. The summed E-state index contributed by atoms with van der Waals surface area (Å²) in [7, 11) is 0. The van der Waals surface area contributed by atoms with Gasteiger partial charge < -0.3 is 19.4 Å². The second kappa shape index (κ2) is 30.1. The average Bonchev–Trinajstić information content (AvgIpc) is 3.43. The van der Waals surface area contributed by atoms with Crippen LogP contribution >= 0.6 is 0 Å². The summed E-state index contributed by atoms with van der Waals surface area (Å²) in [6.07, 6.45) is 29.2. The maximum absolute atomic E-state index is 11.1. The van der Waals surface area contributed by atoms with Gasteiger partial charge in [0.25, 0.3) is 0 Å². The van der Waals surface area contributed by atoms with Crippen molar-refractivity contribution in [2.75, 3.05) is 0 Å². The predicted molar refractivity (Wildman–Crippen MR) is 206 cm³/mol. The van der Waals surface area contributed by atoms with Crippen molar-refractivity contribution < 1.29 is 21.2 Å². The zero-order valence-corrected chi connectivity index (χ0v) is 32.2. The number of unbranched alkanes of at least 4 members (excludes halogenated alkanes) is 15. The van der Waals surface area contributed by atoms with Gasteiger partial charge in [-0.2, -0.15) is 12.8 Å². The number of rotatable bonds is 21. The zero-order valence-electron chi connectivity index (χ0n) is 31.2. The molecule has 2 nitrogen and oxygen atoms in total. The molecular weight excluding hydrogens is 615 g/mol. The van der Waals surface area contributed by atoms with Crippen LogP contribution in [0.15, 0.2) is 60.2 Å².